The Kier molecular flexibility index (Phi) is 4.24. The maximum absolute atomic E-state index is 12.8. The molecule has 1 aromatic carbocycles. The van der Waals surface area contributed by atoms with Crippen LogP contribution in [0.25, 0.3) is 11.0 Å². The minimum absolute atomic E-state index is 0.109. The van der Waals surface area contributed by atoms with Gasteiger partial charge < -0.3 is 19.9 Å². The zero-order valence-electron chi connectivity index (χ0n) is 13.8. The summed E-state index contributed by atoms with van der Waals surface area (Å²) in [5.74, 6) is 0.859. The molecule has 0 spiro atoms. The number of carbonyl (C=O) groups excluding carboxylic acids is 1. The summed E-state index contributed by atoms with van der Waals surface area (Å²) in [6.45, 7) is 2.38. The van der Waals surface area contributed by atoms with Gasteiger partial charge in [0.15, 0.2) is 0 Å². The zero-order valence-corrected chi connectivity index (χ0v) is 13.8. The van der Waals surface area contributed by atoms with Gasteiger partial charge in [0.25, 0.3) is 0 Å². The van der Waals surface area contributed by atoms with Crippen LogP contribution in [-0.2, 0) is 17.9 Å². The van der Waals surface area contributed by atoms with Crippen molar-refractivity contribution < 1.29 is 9.90 Å². The number of hydrogen-bond acceptors (Lipinski definition) is 4. The molecule has 3 heterocycles. The number of aromatic nitrogens is 2. The second-order valence-electron chi connectivity index (χ2n) is 6.76. The van der Waals surface area contributed by atoms with Gasteiger partial charge in [-0.3, -0.25) is 4.79 Å². The van der Waals surface area contributed by atoms with E-state index < -0.39 is 0 Å². The largest absolute Gasteiger partial charge is 0.388 e. The highest BCUT2D eigenvalue weighted by atomic mass is 16.3. The van der Waals surface area contributed by atoms with Crippen LogP contribution in [0.2, 0.25) is 0 Å². The van der Waals surface area contributed by atoms with E-state index in [9.17, 15) is 9.90 Å². The average molecular weight is 328 g/mol. The van der Waals surface area contributed by atoms with E-state index >= 15 is 0 Å². The standard InChI is InChI=1S/C18H24N4O2/c23-12-17-20-15-3-1-2-4-16(15)21(17)10-8-18(24)22-13-5-6-14(22)11-19-9-7-13/h1-4,13-14,19,23H,5-12H2/t13-,14+/m1/s1. The number of rotatable bonds is 4. The molecule has 0 saturated carbocycles. The number of imidazole rings is 1. The van der Waals surface area contributed by atoms with Gasteiger partial charge in [0.05, 0.1) is 11.0 Å². The molecule has 6 heteroatoms. The predicted molar refractivity (Wildman–Crippen MR) is 91.4 cm³/mol. The number of carbonyl (C=O) groups is 1. The number of nitrogens with one attached hydrogen (secondary N) is 1. The molecule has 128 valence electrons. The normalized spacial score (nSPS) is 23.6. The Labute approximate surface area is 141 Å². The first-order valence-electron chi connectivity index (χ1n) is 8.85. The number of aliphatic hydroxyl groups excluding tert-OH is 1. The molecule has 1 aromatic heterocycles. The molecule has 2 N–H and O–H groups in total. The maximum atomic E-state index is 12.8. The number of aliphatic hydroxyl groups is 1. The van der Waals surface area contributed by atoms with Crippen molar-refractivity contribution >= 4 is 16.9 Å². The number of fused-ring (bicyclic) bond motifs is 3. The highest BCUT2D eigenvalue weighted by molar-refractivity contribution is 5.78. The lowest BCUT2D eigenvalue weighted by Crippen LogP contribution is -2.42. The SMILES string of the molecule is O=C(CCn1c(CO)nc2ccccc21)N1[C@H]2CCNC[C@@H]1CC2. The fourth-order valence-corrected chi connectivity index (χ4v) is 4.22. The monoisotopic (exact) mass is 328 g/mol. The van der Waals surface area contributed by atoms with Gasteiger partial charge >= 0.3 is 0 Å². The summed E-state index contributed by atoms with van der Waals surface area (Å²) in [6.07, 6.45) is 3.76. The Morgan fingerprint density at radius 2 is 2.08 bits per heavy atom. The van der Waals surface area contributed by atoms with Crippen LogP contribution in [0.15, 0.2) is 24.3 Å². The van der Waals surface area contributed by atoms with Crippen molar-refractivity contribution in [3.8, 4) is 0 Å². The fraction of sp³-hybridized carbons (Fsp3) is 0.556. The van der Waals surface area contributed by atoms with E-state index in [1.165, 1.54) is 0 Å². The Morgan fingerprint density at radius 1 is 1.25 bits per heavy atom. The van der Waals surface area contributed by atoms with Gasteiger partial charge in [0.2, 0.25) is 5.91 Å². The van der Waals surface area contributed by atoms with Gasteiger partial charge in [-0.05, 0) is 37.9 Å². The highest BCUT2D eigenvalue weighted by Crippen LogP contribution is 2.28. The van der Waals surface area contributed by atoms with Crippen molar-refractivity contribution in [2.75, 3.05) is 13.1 Å². The Balaban J connectivity index is 1.52. The molecule has 24 heavy (non-hydrogen) atoms. The van der Waals surface area contributed by atoms with Crippen molar-refractivity contribution in [2.45, 2.75) is 50.9 Å². The first-order valence-corrected chi connectivity index (χ1v) is 8.85. The van der Waals surface area contributed by atoms with Crippen molar-refractivity contribution in [3.63, 3.8) is 0 Å². The molecule has 2 aromatic rings. The van der Waals surface area contributed by atoms with E-state index in [0.29, 0.717) is 30.9 Å². The first-order chi connectivity index (χ1) is 11.8. The second kappa shape index (κ2) is 6.53. The molecule has 2 saturated heterocycles. The molecular weight excluding hydrogens is 304 g/mol. The summed E-state index contributed by atoms with van der Waals surface area (Å²) < 4.78 is 1.98. The Hall–Kier alpha value is -1.92. The van der Waals surface area contributed by atoms with Crippen molar-refractivity contribution in [1.29, 1.82) is 0 Å². The maximum Gasteiger partial charge on any atom is 0.224 e. The highest BCUT2D eigenvalue weighted by Gasteiger charge is 2.37. The number of amides is 1. The average Bonchev–Trinajstić information content (AvgIpc) is 3.08. The van der Waals surface area contributed by atoms with Crippen LogP contribution in [0.1, 0.15) is 31.5 Å². The van der Waals surface area contributed by atoms with E-state index in [4.69, 9.17) is 0 Å². The predicted octanol–water partition coefficient (Wildman–Crippen LogP) is 1.27. The van der Waals surface area contributed by atoms with Gasteiger partial charge in [0, 0.05) is 31.6 Å². The summed E-state index contributed by atoms with van der Waals surface area (Å²) in [5.41, 5.74) is 1.85. The molecule has 2 bridgehead atoms. The van der Waals surface area contributed by atoms with Crippen LogP contribution in [0.4, 0.5) is 0 Å². The molecular formula is C18H24N4O2. The number of para-hydroxylation sites is 2. The van der Waals surface area contributed by atoms with Crippen LogP contribution >= 0.6 is 0 Å². The topological polar surface area (TPSA) is 70.4 Å². The smallest absolute Gasteiger partial charge is 0.224 e. The van der Waals surface area contributed by atoms with Gasteiger partial charge in [-0.25, -0.2) is 4.98 Å². The lowest BCUT2D eigenvalue weighted by molar-refractivity contribution is -0.134. The molecule has 0 aliphatic carbocycles. The molecule has 0 radical (unpaired) electrons. The number of benzene rings is 1. The third-order valence-electron chi connectivity index (χ3n) is 5.37. The number of nitrogens with zero attached hydrogens (tertiary/aromatic N) is 3. The lowest BCUT2D eigenvalue weighted by atomic mass is 10.1. The molecule has 2 fully saturated rings. The van der Waals surface area contributed by atoms with E-state index in [1.807, 2.05) is 28.8 Å². The molecule has 6 nitrogen and oxygen atoms in total. The lowest BCUT2D eigenvalue weighted by Gasteiger charge is -2.28. The van der Waals surface area contributed by atoms with Crippen LogP contribution in [0.5, 0.6) is 0 Å². The third-order valence-corrected chi connectivity index (χ3v) is 5.37. The van der Waals surface area contributed by atoms with Gasteiger partial charge in [-0.15, -0.1) is 0 Å². The third kappa shape index (κ3) is 2.70. The summed E-state index contributed by atoms with van der Waals surface area (Å²) in [5, 5.41) is 13.0. The molecule has 1 amide bonds. The van der Waals surface area contributed by atoms with E-state index in [-0.39, 0.29) is 12.5 Å². The Bertz CT molecular complexity index is 728. The van der Waals surface area contributed by atoms with Crippen molar-refractivity contribution in [1.82, 2.24) is 19.8 Å². The first kappa shape index (κ1) is 15.6. The van der Waals surface area contributed by atoms with Crippen molar-refractivity contribution in [2.24, 2.45) is 0 Å². The van der Waals surface area contributed by atoms with Gasteiger partial charge in [-0.1, -0.05) is 12.1 Å². The summed E-state index contributed by atoms with van der Waals surface area (Å²) in [6, 6.07) is 8.58. The zero-order chi connectivity index (χ0) is 16.5. The van der Waals surface area contributed by atoms with Crippen LogP contribution in [0, 0.1) is 0 Å². The van der Waals surface area contributed by atoms with E-state index in [0.717, 1.165) is 43.4 Å². The summed E-state index contributed by atoms with van der Waals surface area (Å²) >= 11 is 0. The molecule has 2 aliphatic heterocycles. The fourth-order valence-electron chi connectivity index (χ4n) is 4.22. The number of hydrogen-bond donors (Lipinski definition) is 2. The molecule has 2 atom stereocenters. The second-order valence-corrected chi connectivity index (χ2v) is 6.76. The van der Waals surface area contributed by atoms with Crippen LogP contribution < -0.4 is 5.32 Å². The van der Waals surface area contributed by atoms with Gasteiger partial charge in [0.1, 0.15) is 12.4 Å². The summed E-state index contributed by atoms with van der Waals surface area (Å²) in [7, 11) is 0. The quantitative estimate of drug-likeness (QED) is 0.887. The minimum atomic E-state index is -0.109. The van der Waals surface area contributed by atoms with Crippen molar-refractivity contribution in [3.05, 3.63) is 30.1 Å². The summed E-state index contributed by atoms with van der Waals surface area (Å²) in [4.78, 5) is 19.4. The van der Waals surface area contributed by atoms with Gasteiger partial charge in [-0.2, -0.15) is 0 Å². The van der Waals surface area contributed by atoms with E-state index in [1.54, 1.807) is 0 Å². The Morgan fingerprint density at radius 3 is 2.96 bits per heavy atom. The van der Waals surface area contributed by atoms with Crippen LogP contribution in [-0.4, -0.2) is 50.6 Å². The number of aryl methyl sites for hydroxylation is 1. The minimum Gasteiger partial charge on any atom is -0.388 e. The van der Waals surface area contributed by atoms with Crippen LogP contribution in [0.3, 0.4) is 0 Å². The molecule has 0 unspecified atom stereocenters. The molecule has 4 rings (SSSR count). The molecule has 2 aliphatic rings. The van der Waals surface area contributed by atoms with E-state index in [2.05, 4.69) is 15.2 Å².